The fourth-order valence-corrected chi connectivity index (χ4v) is 1.86. The van der Waals surface area contributed by atoms with E-state index in [1.165, 1.54) is 0 Å². The Morgan fingerprint density at radius 3 is 2.50 bits per heavy atom. The molecule has 20 heavy (non-hydrogen) atoms. The van der Waals surface area contributed by atoms with Crippen LogP contribution in [0.1, 0.15) is 13.8 Å². The van der Waals surface area contributed by atoms with Crippen LogP contribution in [-0.4, -0.2) is 59.0 Å². The summed E-state index contributed by atoms with van der Waals surface area (Å²) in [5.41, 5.74) is 5.17. The van der Waals surface area contributed by atoms with Crippen molar-refractivity contribution in [2.24, 2.45) is 11.7 Å². The molecule has 9 heteroatoms. The van der Waals surface area contributed by atoms with Crippen molar-refractivity contribution in [2.75, 3.05) is 13.1 Å². The summed E-state index contributed by atoms with van der Waals surface area (Å²) in [6.07, 6.45) is 0. The summed E-state index contributed by atoms with van der Waals surface area (Å²) in [6, 6.07) is -2.90. The summed E-state index contributed by atoms with van der Waals surface area (Å²) in [6.45, 7) is 2.82. The topological polar surface area (TPSA) is 142 Å². The van der Waals surface area contributed by atoms with Crippen molar-refractivity contribution in [1.82, 2.24) is 15.5 Å². The number of carboxylic acid groups (broad SMARTS) is 1. The Morgan fingerprint density at radius 1 is 1.45 bits per heavy atom. The monoisotopic (exact) mass is 286 g/mol. The molecule has 2 atom stereocenters. The van der Waals surface area contributed by atoms with Gasteiger partial charge in [-0.05, 0) is 5.92 Å². The van der Waals surface area contributed by atoms with Crippen LogP contribution in [0.2, 0.25) is 0 Å². The van der Waals surface area contributed by atoms with Crippen LogP contribution in [0.5, 0.6) is 0 Å². The molecule has 9 nitrogen and oxygen atoms in total. The molecule has 1 saturated heterocycles. The second-order valence-electron chi connectivity index (χ2n) is 4.86. The summed E-state index contributed by atoms with van der Waals surface area (Å²) < 4.78 is 0. The molecule has 0 radical (unpaired) electrons. The van der Waals surface area contributed by atoms with E-state index in [2.05, 4.69) is 10.6 Å². The molecule has 0 aromatic heterocycles. The van der Waals surface area contributed by atoms with Crippen LogP contribution in [0.15, 0.2) is 0 Å². The van der Waals surface area contributed by atoms with E-state index in [9.17, 15) is 19.2 Å². The van der Waals surface area contributed by atoms with Gasteiger partial charge in [0.25, 0.3) is 0 Å². The maximum Gasteiger partial charge on any atom is 0.328 e. The zero-order valence-electron chi connectivity index (χ0n) is 11.3. The summed E-state index contributed by atoms with van der Waals surface area (Å²) in [7, 11) is 0. The maximum absolute atomic E-state index is 12.0. The summed E-state index contributed by atoms with van der Waals surface area (Å²) >= 11 is 0. The van der Waals surface area contributed by atoms with Gasteiger partial charge in [-0.25, -0.2) is 9.59 Å². The van der Waals surface area contributed by atoms with Gasteiger partial charge in [-0.3, -0.25) is 14.5 Å². The van der Waals surface area contributed by atoms with Gasteiger partial charge in [0, 0.05) is 6.54 Å². The van der Waals surface area contributed by atoms with E-state index in [0.29, 0.717) is 0 Å². The molecule has 1 fully saturated rings. The first-order chi connectivity index (χ1) is 9.23. The number of rotatable bonds is 4. The minimum atomic E-state index is -1.24. The molecule has 1 aliphatic heterocycles. The number of nitrogens with two attached hydrogens (primary N) is 1. The van der Waals surface area contributed by atoms with Gasteiger partial charge in [-0.2, -0.15) is 0 Å². The van der Waals surface area contributed by atoms with Gasteiger partial charge in [-0.15, -0.1) is 0 Å². The lowest BCUT2D eigenvalue weighted by Gasteiger charge is -2.34. The minimum absolute atomic E-state index is 0.176. The van der Waals surface area contributed by atoms with E-state index in [1.807, 2.05) is 0 Å². The number of amides is 4. The van der Waals surface area contributed by atoms with Gasteiger partial charge in [0.05, 0.1) is 0 Å². The Kier molecular flexibility index (Phi) is 4.89. The van der Waals surface area contributed by atoms with Crippen molar-refractivity contribution in [3.8, 4) is 0 Å². The number of nitrogens with one attached hydrogen (secondary N) is 2. The molecule has 0 spiro atoms. The van der Waals surface area contributed by atoms with Crippen molar-refractivity contribution in [2.45, 2.75) is 25.9 Å². The van der Waals surface area contributed by atoms with E-state index >= 15 is 0 Å². The predicted molar refractivity (Wildman–Crippen MR) is 67.5 cm³/mol. The molecule has 5 N–H and O–H groups in total. The van der Waals surface area contributed by atoms with Crippen LogP contribution in [0.3, 0.4) is 0 Å². The smallest absolute Gasteiger partial charge is 0.328 e. The van der Waals surface area contributed by atoms with Crippen LogP contribution in [0, 0.1) is 5.92 Å². The summed E-state index contributed by atoms with van der Waals surface area (Å²) in [5.74, 6) is -2.67. The molecule has 0 aromatic rings. The number of hydrogen-bond acceptors (Lipinski definition) is 4. The van der Waals surface area contributed by atoms with Gasteiger partial charge in [0.15, 0.2) is 0 Å². The SMILES string of the molecule is CC(C)C(NC(=O)N1CC(=O)NCC1C(=O)O)C(N)=O. The average molecular weight is 286 g/mol. The molecule has 112 valence electrons. The van der Waals surface area contributed by atoms with E-state index in [1.54, 1.807) is 13.8 Å². The molecule has 0 saturated carbocycles. The minimum Gasteiger partial charge on any atom is -0.480 e. The molecule has 0 bridgehead atoms. The van der Waals surface area contributed by atoms with Crippen molar-refractivity contribution in [3.05, 3.63) is 0 Å². The lowest BCUT2D eigenvalue weighted by molar-refractivity contribution is -0.144. The Bertz CT molecular complexity index is 437. The third kappa shape index (κ3) is 3.59. The molecule has 1 heterocycles. The van der Waals surface area contributed by atoms with Gasteiger partial charge >= 0.3 is 12.0 Å². The zero-order chi connectivity index (χ0) is 15.4. The molecule has 1 rings (SSSR count). The van der Waals surface area contributed by atoms with Crippen LogP contribution in [-0.2, 0) is 14.4 Å². The van der Waals surface area contributed by atoms with Crippen LogP contribution in [0.4, 0.5) is 4.79 Å². The summed E-state index contributed by atoms with van der Waals surface area (Å²) in [5, 5.41) is 13.8. The largest absolute Gasteiger partial charge is 0.480 e. The van der Waals surface area contributed by atoms with Gasteiger partial charge in [0.2, 0.25) is 11.8 Å². The van der Waals surface area contributed by atoms with Gasteiger partial charge in [-0.1, -0.05) is 13.8 Å². The highest BCUT2D eigenvalue weighted by Gasteiger charge is 2.36. The first-order valence-electron chi connectivity index (χ1n) is 6.10. The standard InChI is InChI=1S/C11H18N4O5/c1-5(2)8(9(12)17)14-11(20)15-4-7(16)13-3-6(15)10(18)19/h5-6,8H,3-4H2,1-2H3,(H2,12,17)(H,13,16)(H,14,20)(H,18,19). The molecule has 0 aliphatic carbocycles. The number of nitrogens with zero attached hydrogens (tertiary/aromatic N) is 1. The normalized spacial score (nSPS) is 20.2. The number of hydrogen-bond donors (Lipinski definition) is 4. The third-order valence-electron chi connectivity index (χ3n) is 2.98. The number of piperazine rings is 1. The predicted octanol–water partition coefficient (Wildman–Crippen LogP) is -1.91. The van der Waals surface area contributed by atoms with Crippen LogP contribution in [0.25, 0.3) is 0 Å². The second-order valence-corrected chi connectivity index (χ2v) is 4.86. The van der Waals surface area contributed by atoms with E-state index in [0.717, 1.165) is 4.90 Å². The number of carbonyl (C=O) groups is 4. The van der Waals surface area contributed by atoms with Crippen molar-refractivity contribution in [3.63, 3.8) is 0 Å². The Balaban J connectivity index is 2.84. The van der Waals surface area contributed by atoms with Gasteiger partial charge < -0.3 is 21.5 Å². The third-order valence-corrected chi connectivity index (χ3v) is 2.98. The molecular weight excluding hydrogens is 268 g/mol. The number of urea groups is 1. The van der Waals surface area contributed by atoms with Crippen molar-refractivity contribution in [1.29, 1.82) is 0 Å². The van der Waals surface area contributed by atoms with Crippen LogP contribution < -0.4 is 16.4 Å². The number of carbonyl (C=O) groups excluding carboxylic acids is 3. The maximum atomic E-state index is 12.0. The van der Waals surface area contributed by atoms with Crippen molar-refractivity contribution >= 4 is 23.8 Å². The van der Waals surface area contributed by atoms with E-state index in [4.69, 9.17) is 10.8 Å². The highest BCUT2D eigenvalue weighted by Crippen LogP contribution is 2.07. The number of carboxylic acids is 1. The lowest BCUT2D eigenvalue weighted by atomic mass is 10.0. The van der Waals surface area contributed by atoms with Gasteiger partial charge in [0.1, 0.15) is 18.6 Å². The van der Waals surface area contributed by atoms with E-state index in [-0.39, 0.29) is 19.0 Å². The molecule has 0 aromatic carbocycles. The Morgan fingerprint density at radius 2 is 2.05 bits per heavy atom. The molecule has 4 amide bonds. The highest BCUT2D eigenvalue weighted by atomic mass is 16.4. The van der Waals surface area contributed by atoms with E-state index < -0.39 is 35.9 Å². The quantitative estimate of drug-likeness (QED) is 0.477. The number of primary amides is 1. The van der Waals surface area contributed by atoms with Crippen LogP contribution >= 0.6 is 0 Å². The Labute approximate surface area is 115 Å². The highest BCUT2D eigenvalue weighted by molar-refractivity contribution is 5.92. The van der Waals surface area contributed by atoms with Crippen molar-refractivity contribution < 1.29 is 24.3 Å². The Hall–Kier alpha value is -2.32. The molecule has 1 aliphatic rings. The molecule has 2 unspecified atom stereocenters. The first-order valence-corrected chi connectivity index (χ1v) is 6.10. The number of aliphatic carboxylic acids is 1. The second kappa shape index (κ2) is 6.22. The fourth-order valence-electron chi connectivity index (χ4n) is 1.86. The lowest BCUT2D eigenvalue weighted by Crippen LogP contribution is -2.63. The first kappa shape index (κ1) is 15.7. The average Bonchev–Trinajstić information content (AvgIpc) is 2.34. The fraction of sp³-hybridized carbons (Fsp3) is 0.636. The zero-order valence-corrected chi connectivity index (χ0v) is 11.3. The molecular formula is C11H18N4O5. The summed E-state index contributed by atoms with van der Waals surface area (Å²) in [4.78, 5) is 46.5.